The van der Waals surface area contributed by atoms with Gasteiger partial charge in [-0.2, -0.15) is 0 Å². The fourth-order valence-corrected chi connectivity index (χ4v) is 1.67. The zero-order valence-electron chi connectivity index (χ0n) is 12.9. The van der Waals surface area contributed by atoms with Crippen LogP contribution >= 0.6 is 0 Å². The number of phenols is 2. The van der Waals surface area contributed by atoms with Gasteiger partial charge in [-0.05, 0) is 45.4 Å². The van der Waals surface area contributed by atoms with Gasteiger partial charge >= 0.3 is 6.09 Å². The Hall–Kier alpha value is -1.95. The number of phenolic OH excluding ortho intramolecular Hbond substituents is 2. The van der Waals surface area contributed by atoms with Gasteiger partial charge in [0, 0.05) is 19.1 Å². The van der Waals surface area contributed by atoms with Crippen molar-refractivity contribution in [3.63, 3.8) is 0 Å². The van der Waals surface area contributed by atoms with Crippen LogP contribution in [-0.4, -0.2) is 34.5 Å². The molecule has 6 heteroatoms. The van der Waals surface area contributed by atoms with Crippen molar-refractivity contribution in [2.45, 2.75) is 45.9 Å². The van der Waals surface area contributed by atoms with Crippen molar-refractivity contribution in [1.29, 1.82) is 0 Å². The molecule has 1 atom stereocenters. The highest BCUT2D eigenvalue weighted by Gasteiger charge is 2.17. The van der Waals surface area contributed by atoms with Crippen LogP contribution in [0.15, 0.2) is 18.2 Å². The number of ether oxygens (including phenoxy) is 1. The first-order valence-corrected chi connectivity index (χ1v) is 6.88. The van der Waals surface area contributed by atoms with Crippen molar-refractivity contribution in [1.82, 2.24) is 10.6 Å². The van der Waals surface area contributed by atoms with Crippen molar-refractivity contribution in [2.24, 2.45) is 0 Å². The quantitative estimate of drug-likeness (QED) is 0.625. The lowest BCUT2D eigenvalue weighted by atomic mass is 10.2. The number of carbonyl (C=O) groups excluding carboxylic acids is 1. The SMILES string of the molecule is CC(CNCc1ccc(O)c(O)c1)NC(=O)OC(C)(C)C. The average molecular weight is 296 g/mol. The number of hydrogen-bond donors (Lipinski definition) is 4. The third-order valence-corrected chi connectivity index (χ3v) is 2.58. The lowest BCUT2D eigenvalue weighted by molar-refractivity contribution is 0.0508. The normalized spacial score (nSPS) is 12.8. The minimum absolute atomic E-state index is 0.0921. The summed E-state index contributed by atoms with van der Waals surface area (Å²) in [4.78, 5) is 11.6. The lowest BCUT2D eigenvalue weighted by Crippen LogP contribution is -2.42. The van der Waals surface area contributed by atoms with Gasteiger partial charge in [0.1, 0.15) is 5.60 Å². The summed E-state index contributed by atoms with van der Waals surface area (Å²) in [5.41, 5.74) is 0.329. The fourth-order valence-electron chi connectivity index (χ4n) is 1.67. The highest BCUT2D eigenvalue weighted by molar-refractivity contribution is 5.68. The van der Waals surface area contributed by atoms with Crippen molar-refractivity contribution in [2.75, 3.05) is 6.54 Å². The van der Waals surface area contributed by atoms with Crippen LogP contribution in [0.25, 0.3) is 0 Å². The maximum atomic E-state index is 11.6. The number of alkyl carbamates (subject to hydrolysis) is 1. The maximum Gasteiger partial charge on any atom is 0.407 e. The Kier molecular flexibility index (Phi) is 5.84. The molecule has 0 saturated carbocycles. The first kappa shape index (κ1) is 17.1. The Bertz CT molecular complexity index is 483. The standard InChI is InChI=1S/C15H24N2O4/c1-10(17-14(20)21-15(2,3)4)8-16-9-11-5-6-12(18)13(19)7-11/h5-7,10,16,18-19H,8-9H2,1-4H3,(H,17,20). The van der Waals surface area contributed by atoms with Gasteiger partial charge in [-0.1, -0.05) is 6.07 Å². The summed E-state index contributed by atoms with van der Waals surface area (Å²) in [6.45, 7) is 8.38. The second-order valence-electron chi connectivity index (χ2n) is 6.00. The molecule has 4 N–H and O–H groups in total. The fraction of sp³-hybridized carbons (Fsp3) is 0.533. The molecular weight excluding hydrogens is 272 g/mol. The van der Waals surface area contributed by atoms with Crippen LogP contribution < -0.4 is 10.6 Å². The van der Waals surface area contributed by atoms with E-state index in [9.17, 15) is 15.0 Å². The molecule has 0 radical (unpaired) electrons. The molecule has 21 heavy (non-hydrogen) atoms. The van der Waals surface area contributed by atoms with E-state index in [0.29, 0.717) is 13.1 Å². The molecule has 1 unspecified atom stereocenters. The second-order valence-corrected chi connectivity index (χ2v) is 6.00. The molecule has 6 nitrogen and oxygen atoms in total. The van der Waals surface area contributed by atoms with E-state index >= 15 is 0 Å². The van der Waals surface area contributed by atoms with E-state index in [2.05, 4.69) is 10.6 Å². The highest BCUT2D eigenvalue weighted by atomic mass is 16.6. The van der Waals surface area contributed by atoms with E-state index in [0.717, 1.165) is 5.56 Å². The first-order chi connectivity index (χ1) is 9.67. The van der Waals surface area contributed by atoms with Gasteiger partial charge in [0.15, 0.2) is 11.5 Å². The number of carbonyl (C=O) groups is 1. The topological polar surface area (TPSA) is 90.8 Å². The number of nitrogens with one attached hydrogen (secondary N) is 2. The Morgan fingerprint density at radius 2 is 1.95 bits per heavy atom. The van der Waals surface area contributed by atoms with Gasteiger partial charge in [0.2, 0.25) is 0 Å². The summed E-state index contributed by atoms with van der Waals surface area (Å²) in [7, 11) is 0. The molecule has 1 rings (SSSR count). The molecule has 0 spiro atoms. The maximum absolute atomic E-state index is 11.6. The predicted octanol–water partition coefficient (Wildman–Crippen LogP) is 2.10. The Morgan fingerprint density at radius 1 is 1.29 bits per heavy atom. The molecular formula is C15H24N2O4. The van der Waals surface area contributed by atoms with Crippen LogP contribution in [0, 0.1) is 0 Å². The third-order valence-electron chi connectivity index (χ3n) is 2.58. The number of hydrogen-bond acceptors (Lipinski definition) is 5. The third kappa shape index (κ3) is 6.85. The van der Waals surface area contributed by atoms with Gasteiger partial charge in [-0.25, -0.2) is 4.79 Å². The number of amides is 1. The van der Waals surface area contributed by atoms with Crippen LogP contribution in [0.4, 0.5) is 4.79 Å². The van der Waals surface area contributed by atoms with Gasteiger partial charge in [-0.15, -0.1) is 0 Å². The monoisotopic (exact) mass is 296 g/mol. The molecule has 118 valence electrons. The average Bonchev–Trinajstić information content (AvgIpc) is 2.31. The lowest BCUT2D eigenvalue weighted by Gasteiger charge is -2.22. The van der Waals surface area contributed by atoms with Crippen LogP contribution in [0.1, 0.15) is 33.3 Å². The largest absolute Gasteiger partial charge is 0.504 e. The van der Waals surface area contributed by atoms with E-state index in [1.165, 1.54) is 12.1 Å². The van der Waals surface area contributed by atoms with Crippen molar-refractivity contribution < 1.29 is 19.7 Å². The molecule has 0 aliphatic carbocycles. The summed E-state index contributed by atoms with van der Waals surface area (Å²) in [6.07, 6.45) is -0.445. The molecule has 1 amide bonds. The van der Waals surface area contributed by atoms with Gasteiger partial charge in [-0.3, -0.25) is 0 Å². The Morgan fingerprint density at radius 3 is 2.52 bits per heavy atom. The molecule has 0 fully saturated rings. The van der Waals surface area contributed by atoms with E-state index < -0.39 is 11.7 Å². The molecule has 1 aromatic carbocycles. The molecule has 1 aromatic rings. The zero-order valence-corrected chi connectivity index (χ0v) is 12.9. The van der Waals surface area contributed by atoms with Gasteiger partial charge in [0.25, 0.3) is 0 Å². The minimum atomic E-state index is -0.513. The summed E-state index contributed by atoms with van der Waals surface area (Å²) in [6, 6.07) is 4.56. The van der Waals surface area contributed by atoms with Crippen LogP contribution in [0.3, 0.4) is 0 Å². The van der Waals surface area contributed by atoms with Crippen molar-refractivity contribution >= 4 is 6.09 Å². The molecule has 0 saturated heterocycles. The second kappa shape index (κ2) is 7.17. The van der Waals surface area contributed by atoms with Crippen LogP contribution in [-0.2, 0) is 11.3 Å². The zero-order chi connectivity index (χ0) is 16.0. The van der Waals surface area contributed by atoms with E-state index in [1.807, 2.05) is 27.7 Å². The number of benzene rings is 1. The molecule has 0 bridgehead atoms. The molecule has 0 aliphatic rings. The smallest absolute Gasteiger partial charge is 0.407 e. The van der Waals surface area contributed by atoms with Gasteiger partial charge < -0.3 is 25.6 Å². The number of rotatable bonds is 5. The minimum Gasteiger partial charge on any atom is -0.504 e. The molecule has 0 aromatic heterocycles. The van der Waals surface area contributed by atoms with Crippen molar-refractivity contribution in [3.05, 3.63) is 23.8 Å². The first-order valence-electron chi connectivity index (χ1n) is 6.88. The van der Waals surface area contributed by atoms with Crippen LogP contribution in [0.5, 0.6) is 11.5 Å². The van der Waals surface area contributed by atoms with E-state index in [1.54, 1.807) is 6.07 Å². The van der Waals surface area contributed by atoms with E-state index in [4.69, 9.17) is 4.74 Å². The molecule has 0 aliphatic heterocycles. The Balaban J connectivity index is 2.31. The summed E-state index contributed by atoms with van der Waals surface area (Å²) in [5.74, 6) is -0.284. The summed E-state index contributed by atoms with van der Waals surface area (Å²) in [5, 5.41) is 24.5. The summed E-state index contributed by atoms with van der Waals surface area (Å²) < 4.78 is 5.16. The van der Waals surface area contributed by atoms with Gasteiger partial charge in [0.05, 0.1) is 0 Å². The predicted molar refractivity (Wildman–Crippen MR) is 80.3 cm³/mol. The molecule has 0 heterocycles. The van der Waals surface area contributed by atoms with Crippen LogP contribution in [0.2, 0.25) is 0 Å². The summed E-state index contributed by atoms with van der Waals surface area (Å²) >= 11 is 0. The number of aromatic hydroxyl groups is 2. The van der Waals surface area contributed by atoms with E-state index in [-0.39, 0.29) is 17.5 Å². The Labute approximate surface area is 125 Å². The van der Waals surface area contributed by atoms with Crippen molar-refractivity contribution in [3.8, 4) is 11.5 Å². The highest BCUT2D eigenvalue weighted by Crippen LogP contribution is 2.24.